The van der Waals surface area contributed by atoms with E-state index in [4.69, 9.17) is 19.4 Å². The summed E-state index contributed by atoms with van der Waals surface area (Å²) in [6.45, 7) is 2.37. The molecule has 8 heterocycles. The molecule has 6 aromatic rings. The minimum absolute atomic E-state index is 0.00899. The molecule has 0 aliphatic carbocycles. The number of H-pyrrole nitrogens is 2. The molecule has 4 amide bonds. The maximum absolute atomic E-state index is 17.1. The van der Waals surface area contributed by atoms with Crippen LogP contribution in [0, 0.1) is 46.7 Å². The molecule has 4 N–H and O–H groups in total. The third kappa shape index (κ3) is 10.8. The summed E-state index contributed by atoms with van der Waals surface area (Å²) in [5.41, 5.74) is 0.815. The van der Waals surface area contributed by atoms with Crippen LogP contribution in [0.15, 0.2) is 54.6 Å². The monoisotopic (exact) mass is 1180 g/mol. The number of likely N-dealkylation sites (N-methyl/N-ethyl adjacent to an activating group) is 2. The third-order valence-corrected chi connectivity index (χ3v) is 18.6. The van der Waals surface area contributed by atoms with Gasteiger partial charge in [-0.15, -0.1) is 0 Å². The molecule has 452 valence electrons. The van der Waals surface area contributed by atoms with Crippen molar-refractivity contribution in [2.24, 2.45) is 11.8 Å². The molecule has 0 saturated carbocycles. The lowest BCUT2D eigenvalue weighted by atomic mass is 9.89. The zero-order chi connectivity index (χ0) is 59.5. The molecule has 12 rings (SSSR count). The Morgan fingerprint density at radius 3 is 1.33 bits per heavy atom. The van der Waals surface area contributed by atoms with Gasteiger partial charge in [-0.25, -0.2) is 45.9 Å². The van der Waals surface area contributed by atoms with Crippen LogP contribution in [-0.4, -0.2) is 166 Å². The van der Waals surface area contributed by atoms with Gasteiger partial charge in [0, 0.05) is 96.6 Å². The van der Waals surface area contributed by atoms with Crippen LogP contribution in [0.2, 0.25) is 0 Å². The van der Waals surface area contributed by atoms with Crippen LogP contribution in [0.5, 0.6) is 0 Å². The Morgan fingerprint density at radius 2 is 0.929 bits per heavy atom. The van der Waals surface area contributed by atoms with Gasteiger partial charge in [-0.3, -0.25) is 19.4 Å². The third-order valence-electron chi connectivity index (χ3n) is 18.6. The number of halogens is 6. The molecular formula is C60H67F6N11O8. The number of rotatable bonds is 13. The number of anilines is 3. The number of imidazole rings is 2. The summed E-state index contributed by atoms with van der Waals surface area (Å²) in [5, 5.41) is 20.1. The number of likely N-dealkylation sites (tertiary alicyclic amines) is 2. The number of hydrogen-bond donors (Lipinski definition) is 4. The average molecular weight is 1180 g/mol. The highest BCUT2D eigenvalue weighted by atomic mass is 19.2. The van der Waals surface area contributed by atoms with Crippen molar-refractivity contribution < 1.29 is 65.2 Å². The fraction of sp³-hybridized carbons (Fsp3) is 0.500. The number of carboxylic acid groups (broad SMARTS) is 2. The highest BCUT2D eigenvalue weighted by Crippen LogP contribution is 2.50. The van der Waals surface area contributed by atoms with Crippen LogP contribution in [0.1, 0.15) is 111 Å². The number of benzene rings is 4. The zero-order valence-electron chi connectivity index (χ0n) is 47.1. The Morgan fingerprint density at radius 1 is 0.529 bits per heavy atom. The second-order valence-corrected chi connectivity index (χ2v) is 23.3. The normalized spacial score (nSPS) is 22.5. The fourth-order valence-corrected chi connectivity index (χ4v) is 14.3. The second-order valence-electron chi connectivity index (χ2n) is 23.3. The first kappa shape index (κ1) is 57.6. The van der Waals surface area contributed by atoms with Gasteiger partial charge in [0.2, 0.25) is 11.8 Å². The van der Waals surface area contributed by atoms with Crippen LogP contribution in [0.4, 0.5) is 53.0 Å². The van der Waals surface area contributed by atoms with Crippen molar-refractivity contribution in [1.29, 1.82) is 0 Å². The van der Waals surface area contributed by atoms with E-state index in [1.165, 1.54) is 42.1 Å². The summed E-state index contributed by atoms with van der Waals surface area (Å²) in [6.07, 6.45) is 2.06. The Labute approximate surface area is 485 Å². The van der Waals surface area contributed by atoms with Crippen molar-refractivity contribution >= 4 is 63.1 Å². The van der Waals surface area contributed by atoms with Gasteiger partial charge in [0.15, 0.2) is 11.6 Å². The van der Waals surface area contributed by atoms with E-state index in [1.54, 1.807) is 26.8 Å². The molecule has 2 aromatic heterocycles. The number of para-hydroxylation sites is 1. The van der Waals surface area contributed by atoms with E-state index in [0.29, 0.717) is 125 Å². The topological polar surface area (TPSA) is 207 Å². The van der Waals surface area contributed by atoms with Crippen LogP contribution < -0.4 is 14.7 Å². The van der Waals surface area contributed by atoms with Crippen molar-refractivity contribution in [1.82, 2.24) is 39.5 Å². The molecule has 85 heavy (non-hydrogen) atoms. The highest BCUT2D eigenvalue weighted by Gasteiger charge is 2.46. The average Bonchev–Trinajstić information content (AvgIpc) is 2.50. The maximum Gasteiger partial charge on any atom is 0.407 e. The predicted molar refractivity (Wildman–Crippen MR) is 300 cm³/mol. The molecule has 0 spiro atoms. The van der Waals surface area contributed by atoms with Gasteiger partial charge in [-0.1, -0.05) is 6.07 Å². The summed E-state index contributed by atoms with van der Waals surface area (Å²) in [7, 11) is 2.78. The number of amides is 4. The number of piperazine rings is 1. The van der Waals surface area contributed by atoms with Crippen molar-refractivity contribution in [3.8, 4) is 0 Å². The number of carbonyl (C=O) groups is 4. The molecule has 6 aliphatic heterocycles. The van der Waals surface area contributed by atoms with E-state index in [-0.39, 0.29) is 90.9 Å². The SMILES string of the molecule is CN(C(=O)O)[C@H](C(=O)N1CCC[C@H]1c1nc2cc([C@H]3CC[C@H](c4cc5nc([C@@H]6CCCN6C(=O)[C@H](C6CCOCC6)N(C)C(=O)O)[nH]c5cc4F)N3c3cc(F)c(N4CCN(c5c(F)cccc5F)CC4)c(F)c3)c(F)cc2[nH]1)C1CCOCC1. The van der Waals surface area contributed by atoms with Gasteiger partial charge in [0.05, 0.1) is 46.2 Å². The Hall–Kier alpha value is -7.80. The smallest absolute Gasteiger partial charge is 0.407 e. The number of aromatic amines is 2. The molecule has 6 fully saturated rings. The largest absolute Gasteiger partial charge is 0.465 e. The van der Waals surface area contributed by atoms with Gasteiger partial charge in [0.1, 0.15) is 58.4 Å². The van der Waals surface area contributed by atoms with E-state index in [9.17, 15) is 38.2 Å². The summed E-state index contributed by atoms with van der Waals surface area (Å²) in [4.78, 5) is 79.8. The molecular weight excluding hydrogens is 1120 g/mol. The molecule has 0 radical (unpaired) electrons. The quantitative estimate of drug-likeness (QED) is 0.0796. The van der Waals surface area contributed by atoms with Crippen LogP contribution in [0.25, 0.3) is 22.1 Å². The molecule has 0 unspecified atom stereocenters. The molecule has 19 nitrogen and oxygen atoms in total. The fourth-order valence-electron chi connectivity index (χ4n) is 14.3. The lowest BCUT2D eigenvalue weighted by Crippen LogP contribution is -2.53. The molecule has 6 atom stereocenters. The first-order valence-electron chi connectivity index (χ1n) is 29.2. The van der Waals surface area contributed by atoms with Gasteiger partial charge in [-0.2, -0.15) is 0 Å². The highest BCUT2D eigenvalue weighted by molar-refractivity contribution is 5.87. The first-order chi connectivity index (χ1) is 40.9. The second kappa shape index (κ2) is 23.6. The summed E-state index contributed by atoms with van der Waals surface area (Å²) >= 11 is 0. The summed E-state index contributed by atoms with van der Waals surface area (Å²) in [5.74, 6) is -5.40. The molecule has 25 heteroatoms. The number of aromatic nitrogens is 4. The van der Waals surface area contributed by atoms with E-state index in [2.05, 4.69) is 9.97 Å². The maximum atomic E-state index is 17.1. The van der Waals surface area contributed by atoms with E-state index >= 15 is 17.6 Å². The standard InChI is InChI=1S/C60H67F6N11O8/c1-71(59(80)81)51(32-12-22-84-23-13-32)57(78)75-16-4-8-49(75)55-67-43-28-35(39(63)30-45(43)69-55)47-10-11-48(77(47)34-26-41(65)54(42(66)27-34)74-20-18-73(19-21-74)53-37(61)6-3-7-38(53)62)36-29-44-46(31-40(36)64)70-56(68-44)50-9-5-17-76(50)58(79)52(72(2)60(82)83)33-14-24-85-25-15-33/h3,6-7,26-33,47-52H,4-5,8-25H2,1-2H3,(H,67,69)(H,68,70)(H,80,81)(H,82,83)/t47-,48-,49+,50+,51+,52+/m1/s1. The molecule has 6 aliphatic rings. The number of carbonyl (C=O) groups excluding carboxylic acids is 2. The van der Waals surface area contributed by atoms with Gasteiger partial charge in [-0.05, 0) is 125 Å². The van der Waals surface area contributed by atoms with Crippen LogP contribution >= 0.6 is 0 Å². The number of fused-ring (bicyclic) bond motifs is 2. The summed E-state index contributed by atoms with van der Waals surface area (Å²) < 4.78 is 109. The van der Waals surface area contributed by atoms with E-state index in [0.717, 1.165) is 34.1 Å². The van der Waals surface area contributed by atoms with Gasteiger partial charge < -0.3 is 54.2 Å². The van der Waals surface area contributed by atoms with Crippen LogP contribution in [-0.2, 0) is 19.1 Å². The molecule has 4 aromatic carbocycles. The van der Waals surface area contributed by atoms with E-state index < -0.39 is 83.3 Å². The first-order valence-corrected chi connectivity index (χ1v) is 29.2. The van der Waals surface area contributed by atoms with Crippen molar-refractivity contribution in [2.45, 2.75) is 100 Å². The van der Waals surface area contributed by atoms with Gasteiger partial charge in [0.25, 0.3) is 0 Å². The van der Waals surface area contributed by atoms with Crippen molar-refractivity contribution in [3.63, 3.8) is 0 Å². The minimum atomic E-state index is -1.24. The Balaban J connectivity index is 0.880. The Bertz CT molecular complexity index is 3330. The minimum Gasteiger partial charge on any atom is -0.465 e. The van der Waals surface area contributed by atoms with Gasteiger partial charge >= 0.3 is 12.2 Å². The van der Waals surface area contributed by atoms with Crippen molar-refractivity contribution in [2.75, 3.05) is 94.5 Å². The van der Waals surface area contributed by atoms with Crippen LogP contribution in [0.3, 0.4) is 0 Å². The molecule has 0 bridgehead atoms. The lowest BCUT2D eigenvalue weighted by molar-refractivity contribution is -0.141. The van der Waals surface area contributed by atoms with Crippen molar-refractivity contribution in [3.05, 3.63) is 112 Å². The number of nitrogens with one attached hydrogen (secondary N) is 2. The summed E-state index contributed by atoms with van der Waals surface area (Å²) in [6, 6.07) is 6.36. The number of nitrogens with zero attached hydrogens (tertiary/aromatic N) is 9. The predicted octanol–water partition coefficient (Wildman–Crippen LogP) is 9.82. The number of hydrogen-bond acceptors (Lipinski definition) is 11. The zero-order valence-corrected chi connectivity index (χ0v) is 47.1. The molecule has 6 saturated heterocycles. The Kier molecular flexibility index (Phi) is 16.0. The number of ether oxygens (including phenoxy) is 2. The lowest BCUT2D eigenvalue weighted by Gasteiger charge is -2.38. The van der Waals surface area contributed by atoms with E-state index in [1.807, 2.05) is 0 Å².